The van der Waals surface area contributed by atoms with Crippen LogP contribution in [0.4, 0.5) is 0 Å². The topological polar surface area (TPSA) is 156 Å². The van der Waals surface area contributed by atoms with Crippen LogP contribution in [-0.2, 0) is 60.3 Å². The summed E-state index contributed by atoms with van der Waals surface area (Å²) in [5.41, 5.74) is 0. The molecule has 0 saturated heterocycles. The quantitative estimate of drug-likeness (QED) is 0.217. The number of hydrogen-bond donors (Lipinski definition) is 6. The first kappa shape index (κ1) is 29.3. The molecule has 0 spiro atoms. The zero-order valence-electron chi connectivity index (χ0n) is 5.53. The van der Waals surface area contributed by atoms with Gasteiger partial charge in [-0.25, -0.2) is 9.13 Å². The van der Waals surface area contributed by atoms with Crippen LogP contribution in [0.1, 0.15) is 0 Å². The second kappa shape index (κ2) is 11.9. The predicted octanol–water partition coefficient (Wildman–Crippen LogP) is -1.86. The van der Waals surface area contributed by atoms with Crippen LogP contribution in [0, 0.1) is 0 Å². The summed E-state index contributed by atoms with van der Waals surface area (Å²) in [6.07, 6.45) is 0. The molecular weight excluding hydrogens is 355 g/mol. The van der Waals surface area contributed by atoms with E-state index in [2.05, 4.69) is 0 Å². The molecule has 0 aliphatic rings. The van der Waals surface area contributed by atoms with E-state index in [-0.39, 0.29) is 51.2 Å². The molecule has 6 N–H and O–H groups in total. The van der Waals surface area contributed by atoms with Crippen molar-refractivity contribution >= 4 is 15.6 Å². The molecule has 0 saturated carbocycles. The van der Waals surface area contributed by atoms with Crippen LogP contribution in [0.3, 0.4) is 0 Å². The monoisotopic (exact) mass is 361 g/mol. The molecule has 0 atom stereocenters. The Morgan fingerprint density at radius 2 is 0.538 bits per heavy atom. The minimum atomic E-state index is -4.64. The van der Waals surface area contributed by atoms with Gasteiger partial charge >= 0.3 is 66.9 Å². The molecule has 3 radical (unpaired) electrons. The van der Waals surface area contributed by atoms with Gasteiger partial charge in [0.05, 0.1) is 0 Å². The largest absolute Gasteiger partial charge is 2.00 e. The summed E-state index contributed by atoms with van der Waals surface area (Å²) in [4.78, 5) is 43.1. The normalized spacial score (nSPS) is 9.08. The van der Waals surface area contributed by atoms with Crippen molar-refractivity contribution in [1.29, 1.82) is 0 Å². The molecule has 0 aromatic carbocycles. The van der Waals surface area contributed by atoms with Gasteiger partial charge in [-0.3, -0.25) is 0 Å². The van der Waals surface area contributed by atoms with Crippen molar-refractivity contribution in [2.24, 2.45) is 0 Å². The van der Waals surface area contributed by atoms with Gasteiger partial charge in [0.25, 0.3) is 0 Å². The van der Waals surface area contributed by atoms with Crippen LogP contribution >= 0.6 is 15.6 Å². The molecule has 0 unspecified atom stereocenters. The Kier molecular flexibility index (Phi) is 26.7. The Morgan fingerprint density at radius 1 is 0.538 bits per heavy atom. The van der Waals surface area contributed by atoms with E-state index in [1.165, 1.54) is 0 Å². The zero-order chi connectivity index (χ0) is 9.00. The molecule has 0 aliphatic heterocycles. The first-order chi connectivity index (χ1) is 4.00. The van der Waals surface area contributed by atoms with Crippen molar-refractivity contribution < 1.29 is 89.7 Å². The molecule has 13 heavy (non-hydrogen) atoms. The summed E-state index contributed by atoms with van der Waals surface area (Å²) in [7, 11) is -9.28. The fraction of sp³-hybridized carbons (Fsp3) is 0. The summed E-state index contributed by atoms with van der Waals surface area (Å²) < 4.78 is 17.8. The summed E-state index contributed by atoms with van der Waals surface area (Å²) in [5.74, 6) is 0. The molecule has 79 valence electrons. The Hall–Kier alpha value is 1.78. The Balaban J connectivity index is -0.0000000267. The minimum Gasteiger partial charge on any atom is -0.303 e. The molecule has 8 nitrogen and oxygen atoms in total. The number of phosphoric acid groups is 2. The summed E-state index contributed by atoms with van der Waals surface area (Å²) in [6.45, 7) is 0. The summed E-state index contributed by atoms with van der Waals surface area (Å²) >= 11 is 0. The first-order valence-corrected chi connectivity index (χ1v) is 4.70. The average Bonchev–Trinajstić information content (AvgIpc) is 1.12. The van der Waals surface area contributed by atoms with Crippen molar-refractivity contribution in [3.05, 3.63) is 0 Å². The van der Waals surface area contributed by atoms with Gasteiger partial charge in [0.15, 0.2) is 0 Å². The van der Waals surface area contributed by atoms with E-state index in [0.717, 1.165) is 0 Å². The van der Waals surface area contributed by atoms with E-state index >= 15 is 0 Å². The van der Waals surface area contributed by atoms with Gasteiger partial charge in [0.1, 0.15) is 0 Å². The third kappa shape index (κ3) is 604. The number of hydrogen-bond acceptors (Lipinski definition) is 2. The van der Waals surface area contributed by atoms with E-state index in [1.54, 1.807) is 0 Å². The van der Waals surface area contributed by atoms with Crippen LogP contribution in [0.25, 0.3) is 0 Å². The molecule has 0 aromatic rings. The SMILES string of the molecule is O=P(O)(O)O.O=P(O)(O)O.[Mn+2].[Mn+2].[Mn+2]. The van der Waals surface area contributed by atoms with E-state index < -0.39 is 15.6 Å². The van der Waals surface area contributed by atoms with Crippen LogP contribution in [0.5, 0.6) is 0 Å². The first-order valence-electron chi connectivity index (χ1n) is 1.57. The fourth-order valence-electron chi connectivity index (χ4n) is 0. The van der Waals surface area contributed by atoms with Crippen molar-refractivity contribution in [2.75, 3.05) is 0 Å². The van der Waals surface area contributed by atoms with Gasteiger partial charge in [0, 0.05) is 0 Å². The van der Waals surface area contributed by atoms with Crippen molar-refractivity contribution in [3.63, 3.8) is 0 Å². The van der Waals surface area contributed by atoms with Crippen molar-refractivity contribution in [2.45, 2.75) is 0 Å². The maximum absolute atomic E-state index is 8.88. The third-order valence-electron chi connectivity index (χ3n) is 0. The number of rotatable bonds is 0. The van der Waals surface area contributed by atoms with Crippen molar-refractivity contribution in [3.8, 4) is 0 Å². The van der Waals surface area contributed by atoms with Gasteiger partial charge in [-0.15, -0.1) is 0 Å². The molecule has 0 aliphatic carbocycles. The molecular formula is H6Mn3O8P2+6. The molecule has 0 aromatic heterocycles. The molecule has 0 bridgehead atoms. The van der Waals surface area contributed by atoms with Gasteiger partial charge in [-0.05, 0) is 0 Å². The molecule has 0 heterocycles. The smallest absolute Gasteiger partial charge is 0.303 e. The van der Waals surface area contributed by atoms with Gasteiger partial charge in [0.2, 0.25) is 0 Å². The fourth-order valence-corrected chi connectivity index (χ4v) is 0. The van der Waals surface area contributed by atoms with Crippen LogP contribution < -0.4 is 0 Å². The maximum atomic E-state index is 8.88. The average molecular weight is 361 g/mol. The molecule has 0 rings (SSSR count). The Labute approximate surface area is 105 Å². The van der Waals surface area contributed by atoms with E-state index in [9.17, 15) is 0 Å². The Morgan fingerprint density at radius 3 is 0.538 bits per heavy atom. The van der Waals surface area contributed by atoms with E-state index in [1.807, 2.05) is 0 Å². The van der Waals surface area contributed by atoms with Crippen LogP contribution in [-0.4, -0.2) is 29.4 Å². The molecule has 0 amide bonds. The molecule has 0 fully saturated rings. The van der Waals surface area contributed by atoms with Crippen LogP contribution in [0.2, 0.25) is 0 Å². The summed E-state index contributed by atoms with van der Waals surface area (Å²) in [5, 5.41) is 0. The minimum absolute atomic E-state index is 0. The standard InChI is InChI=1S/3Mn.2H3O4P/c;;;2*1-5(2,3)4/h;;;2*(H3,1,2,3,4)/q3*+2;;. The van der Waals surface area contributed by atoms with Gasteiger partial charge in [-0.2, -0.15) is 0 Å². The zero-order valence-corrected chi connectivity index (χ0v) is 10.9. The van der Waals surface area contributed by atoms with Gasteiger partial charge < -0.3 is 29.4 Å². The maximum Gasteiger partial charge on any atom is 2.00 e. The van der Waals surface area contributed by atoms with Gasteiger partial charge in [-0.1, -0.05) is 0 Å². The second-order valence-corrected chi connectivity index (χ2v) is 3.08. The summed E-state index contributed by atoms with van der Waals surface area (Å²) in [6, 6.07) is 0. The van der Waals surface area contributed by atoms with Crippen molar-refractivity contribution in [1.82, 2.24) is 0 Å². The predicted molar refractivity (Wildman–Crippen MR) is 28.5 cm³/mol. The molecule has 13 heteroatoms. The van der Waals surface area contributed by atoms with Crippen LogP contribution in [0.15, 0.2) is 0 Å². The van der Waals surface area contributed by atoms with E-state index in [4.69, 9.17) is 38.5 Å². The second-order valence-electron chi connectivity index (χ2n) is 1.03. The third-order valence-corrected chi connectivity index (χ3v) is 0. The Bertz CT molecular complexity index is 130. The van der Waals surface area contributed by atoms with E-state index in [0.29, 0.717) is 0 Å².